The van der Waals surface area contributed by atoms with E-state index in [9.17, 15) is 18.7 Å². The van der Waals surface area contributed by atoms with Gasteiger partial charge in [0.2, 0.25) is 0 Å². The van der Waals surface area contributed by atoms with E-state index in [0.29, 0.717) is 18.4 Å². The molecule has 3 nitrogen and oxygen atoms in total. The molecule has 1 N–H and O–H groups in total. The number of benzene rings is 1. The Hall–Kier alpha value is -1.65. The zero-order valence-electron chi connectivity index (χ0n) is 10.8. The fraction of sp³-hybridized carbons (Fsp3) is 0.500. The molecule has 104 valence electrons. The van der Waals surface area contributed by atoms with Crippen molar-refractivity contribution < 1.29 is 23.4 Å². The summed E-state index contributed by atoms with van der Waals surface area (Å²) in [4.78, 5) is 11.5. The molecule has 0 amide bonds. The molecular weight excluding hydrogens is 254 g/mol. The molecule has 1 aromatic carbocycles. The largest absolute Gasteiger partial charge is 0.481 e. The van der Waals surface area contributed by atoms with Crippen molar-refractivity contribution in [2.24, 2.45) is 5.41 Å². The molecule has 1 saturated carbocycles. The molecular formula is C14H16F2O3. The molecule has 0 atom stereocenters. The minimum atomic E-state index is -2.87. The minimum absolute atomic E-state index is 0.00344. The fourth-order valence-corrected chi connectivity index (χ4v) is 3.02. The predicted octanol–water partition coefficient (Wildman–Crippen LogP) is 3.43. The highest BCUT2D eigenvalue weighted by atomic mass is 19.3. The van der Waals surface area contributed by atoms with E-state index in [0.717, 1.165) is 0 Å². The highest BCUT2D eigenvalue weighted by molar-refractivity contribution is 5.83. The third kappa shape index (κ3) is 2.55. The summed E-state index contributed by atoms with van der Waals surface area (Å²) in [5.74, 6) is -0.827. The lowest BCUT2D eigenvalue weighted by Gasteiger charge is -2.50. The Balaban J connectivity index is 2.23. The standard InChI is InChI=1S/C14H16F2O3/c1-13(2)7-14(8-13,11(17)18)9-3-5-10(6-4-9)19-12(15)16/h3-6,12H,7-8H2,1-2H3,(H,17,18). The van der Waals surface area contributed by atoms with Crippen molar-refractivity contribution in [3.63, 3.8) is 0 Å². The van der Waals surface area contributed by atoms with Crippen molar-refractivity contribution >= 4 is 5.97 Å². The number of alkyl halides is 2. The quantitative estimate of drug-likeness (QED) is 0.911. The van der Waals surface area contributed by atoms with Crippen LogP contribution < -0.4 is 4.74 Å². The summed E-state index contributed by atoms with van der Waals surface area (Å²) in [6, 6.07) is 5.89. The summed E-state index contributed by atoms with van der Waals surface area (Å²) in [7, 11) is 0. The predicted molar refractivity (Wildman–Crippen MR) is 65.4 cm³/mol. The lowest BCUT2D eigenvalue weighted by atomic mass is 9.52. The van der Waals surface area contributed by atoms with Crippen LogP contribution >= 0.6 is 0 Å². The molecule has 0 aromatic heterocycles. The van der Waals surface area contributed by atoms with Gasteiger partial charge in [0.15, 0.2) is 0 Å². The first kappa shape index (κ1) is 13.8. The molecule has 0 radical (unpaired) electrons. The molecule has 0 unspecified atom stereocenters. The number of halogens is 2. The Bertz CT molecular complexity index is 472. The molecule has 19 heavy (non-hydrogen) atoms. The van der Waals surface area contributed by atoms with E-state index in [1.807, 2.05) is 13.8 Å². The first-order valence-electron chi connectivity index (χ1n) is 6.04. The van der Waals surface area contributed by atoms with Gasteiger partial charge in [-0.3, -0.25) is 4.79 Å². The van der Waals surface area contributed by atoms with E-state index < -0.39 is 18.0 Å². The van der Waals surface area contributed by atoms with Crippen LogP contribution in [0.1, 0.15) is 32.3 Å². The Morgan fingerprint density at radius 2 is 1.79 bits per heavy atom. The van der Waals surface area contributed by atoms with E-state index in [2.05, 4.69) is 4.74 Å². The first-order valence-corrected chi connectivity index (χ1v) is 6.04. The maximum absolute atomic E-state index is 12.0. The zero-order chi connectivity index (χ0) is 14.3. The van der Waals surface area contributed by atoms with Gasteiger partial charge in [-0.1, -0.05) is 26.0 Å². The molecule has 1 aliphatic carbocycles. The number of hydrogen-bond acceptors (Lipinski definition) is 2. The minimum Gasteiger partial charge on any atom is -0.481 e. The normalized spacial score (nSPS) is 19.8. The molecule has 1 fully saturated rings. The van der Waals surface area contributed by atoms with Crippen LogP contribution in [0.15, 0.2) is 24.3 Å². The monoisotopic (exact) mass is 270 g/mol. The third-order valence-electron chi connectivity index (χ3n) is 3.60. The molecule has 0 spiro atoms. The Morgan fingerprint density at radius 1 is 1.26 bits per heavy atom. The molecule has 2 rings (SSSR count). The van der Waals surface area contributed by atoms with Crippen molar-refractivity contribution in [2.45, 2.75) is 38.7 Å². The maximum Gasteiger partial charge on any atom is 0.387 e. The van der Waals surface area contributed by atoms with Crippen molar-refractivity contribution in [1.29, 1.82) is 0 Å². The number of carboxylic acids is 1. The summed E-state index contributed by atoms with van der Waals surface area (Å²) >= 11 is 0. The summed E-state index contributed by atoms with van der Waals surface area (Å²) in [5, 5.41) is 9.43. The van der Waals surface area contributed by atoms with Gasteiger partial charge in [0, 0.05) is 0 Å². The number of carboxylic acid groups (broad SMARTS) is 1. The summed E-state index contributed by atoms with van der Waals surface area (Å²) in [6.45, 7) is 1.16. The Kier molecular flexibility index (Phi) is 3.24. The van der Waals surface area contributed by atoms with E-state index in [1.165, 1.54) is 12.1 Å². The van der Waals surface area contributed by atoms with Gasteiger partial charge in [-0.2, -0.15) is 8.78 Å². The smallest absolute Gasteiger partial charge is 0.387 e. The van der Waals surface area contributed by atoms with Crippen molar-refractivity contribution in [3.05, 3.63) is 29.8 Å². The molecule has 0 saturated heterocycles. The Morgan fingerprint density at radius 3 is 2.16 bits per heavy atom. The average Bonchev–Trinajstić information content (AvgIpc) is 2.25. The molecule has 5 heteroatoms. The average molecular weight is 270 g/mol. The summed E-state index contributed by atoms with van der Waals surface area (Å²) in [5.41, 5.74) is -0.260. The van der Waals surface area contributed by atoms with Crippen LogP contribution in [0.2, 0.25) is 0 Å². The van der Waals surface area contributed by atoms with E-state index in [4.69, 9.17) is 0 Å². The highest BCUT2D eigenvalue weighted by Gasteiger charge is 2.55. The van der Waals surface area contributed by atoms with Crippen molar-refractivity contribution in [3.8, 4) is 5.75 Å². The van der Waals surface area contributed by atoms with Crippen LogP contribution in [0.5, 0.6) is 5.75 Å². The van der Waals surface area contributed by atoms with Crippen LogP contribution in [0.4, 0.5) is 8.78 Å². The van der Waals surface area contributed by atoms with Crippen LogP contribution in [-0.4, -0.2) is 17.7 Å². The van der Waals surface area contributed by atoms with E-state index in [1.54, 1.807) is 12.1 Å². The van der Waals surface area contributed by atoms with Crippen molar-refractivity contribution in [2.75, 3.05) is 0 Å². The Labute approximate surface area is 110 Å². The highest BCUT2D eigenvalue weighted by Crippen LogP contribution is 2.55. The van der Waals surface area contributed by atoms with Gasteiger partial charge in [0.1, 0.15) is 5.75 Å². The van der Waals surface area contributed by atoms with Gasteiger partial charge >= 0.3 is 12.6 Å². The lowest BCUT2D eigenvalue weighted by molar-refractivity contribution is -0.153. The number of ether oxygens (including phenoxy) is 1. The topological polar surface area (TPSA) is 46.5 Å². The van der Waals surface area contributed by atoms with Crippen LogP contribution in [-0.2, 0) is 10.2 Å². The lowest BCUT2D eigenvalue weighted by Crippen LogP contribution is -2.52. The number of rotatable bonds is 4. The molecule has 0 aliphatic heterocycles. The molecule has 1 aromatic rings. The second-order valence-electron chi connectivity index (χ2n) is 5.81. The van der Waals surface area contributed by atoms with Crippen LogP contribution in [0, 0.1) is 5.41 Å². The van der Waals surface area contributed by atoms with Gasteiger partial charge in [0.25, 0.3) is 0 Å². The number of carbonyl (C=O) groups is 1. The van der Waals surface area contributed by atoms with E-state index >= 15 is 0 Å². The number of aliphatic carboxylic acids is 1. The fourth-order valence-electron chi connectivity index (χ4n) is 3.02. The van der Waals surface area contributed by atoms with Gasteiger partial charge in [0.05, 0.1) is 5.41 Å². The van der Waals surface area contributed by atoms with Crippen molar-refractivity contribution in [1.82, 2.24) is 0 Å². The third-order valence-corrected chi connectivity index (χ3v) is 3.60. The second kappa shape index (κ2) is 4.47. The molecule has 1 aliphatic rings. The molecule has 0 bridgehead atoms. The first-order chi connectivity index (χ1) is 8.75. The van der Waals surface area contributed by atoms with Gasteiger partial charge in [-0.25, -0.2) is 0 Å². The second-order valence-corrected chi connectivity index (χ2v) is 5.81. The van der Waals surface area contributed by atoms with E-state index in [-0.39, 0.29) is 11.2 Å². The van der Waals surface area contributed by atoms with Gasteiger partial charge in [-0.15, -0.1) is 0 Å². The SMILES string of the molecule is CC1(C)CC(C(=O)O)(c2ccc(OC(F)F)cc2)C1. The molecule has 0 heterocycles. The maximum atomic E-state index is 12.0. The summed E-state index contributed by atoms with van der Waals surface area (Å²) in [6.07, 6.45) is 1.09. The summed E-state index contributed by atoms with van der Waals surface area (Å²) < 4.78 is 28.3. The van der Waals surface area contributed by atoms with Crippen LogP contribution in [0.3, 0.4) is 0 Å². The number of hydrogen-bond donors (Lipinski definition) is 1. The van der Waals surface area contributed by atoms with Gasteiger partial charge in [-0.05, 0) is 36.0 Å². The van der Waals surface area contributed by atoms with Gasteiger partial charge < -0.3 is 9.84 Å². The van der Waals surface area contributed by atoms with Crippen LogP contribution in [0.25, 0.3) is 0 Å². The zero-order valence-corrected chi connectivity index (χ0v) is 10.8.